The van der Waals surface area contributed by atoms with Crippen molar-refractivity contribution in [2.24, 2.45) is 0 Å². The zero-order chi connectivity index (χ0) is 18.1. The van der Waals surface area contributed by atoms with Crippen LogP contribution < -0.4 is 0 Å². The Hall–Kier alpha value is -1.21. The van der Waals surface area contributed by atoms with Crippen LogP contribution in [0.2, 0.25) is 0 Å². The number of benzene rings is 2. The Bertz CT molecular complexity index is 768. The Morgan fingerprint density at radius 3 is 2.24 bits per heavy atom. The molecule has 1 heterocycles. The van der Waals surface area contributed by atoms with Gasteiger partial charge in [0.15, 0.2) is 0 Å². The Morgan fingerprint density at radius 1 is 0.966 bits per heavy atom. The predicted molar refractivity (Wildman–Crippen MR) is 120 cm³/mol. The molecular weight excluding hydrogens is 414 g/mol. The van der Waals surface area contributed by atoms with Gasteiger partial charge in [-0.1, -0.05) is 35.9 Å². The number of hydrogen-bond acceptors (Lipinski definition) is 3. The third-order valence-corrected chi connectivity index (χ3v) is 5.97. The second kappa shape index (κ2) is 11.3. The summed E-state index contributed by atoms with van der Waals surface area (Å²) < 4.78 is 13.4. The minimum atomic E-state index is -0.174. The summed E-state index contributed by atoms with van der Waals surface area (Å²) in [6.45, 7) is 7.26. The summed E-state index contributed by atoms with van der Waals surface area (Å²) in [6.07, 6.45) is 1.06. The molecule has 4 rings (SSSR count). The second-order valence-electron chi connectivity index (χ2n) is 7.59. The molecule has 0 radical (unpaired) electrons. The number of piperazine rings is 1. The van der Waals surface area contributed by atoms with Crippen molar-refractivity contribution < 1.29 is 15.0 Å². The van der Waals surface area contributed by atoms with Crippen molar-refractivity contribution in [2.45, 2.75) is 25.3 Å². The number of aliphatic hydroxyl groups is 1. The standard InChI is InChI=1S/C22H27FN2O.2ClH.H2O/c1-16-2-7-19-20(17-3-5-18(23)6-4-17)15-22(21(19)14-16)25-10-8-24(9-11-25)12-13-26;;;/h2-7,14,20,22,26H,8-13,15H2,1H3;2*1H;1H2/t20-,22+;;;/m1.../s1. The molecule has 3 N–H and O–H groups in total. The van der Waals surface area contributed by atoms with Crippen molar-refractivity contribution >= 4 is 24.8 Å². The van der Waals surface area contributed by atoms with Crippen molar-refractivity contribution in [1.82, 2.24) is 9.80 Å². The second-order valence-corrected chi connectivity index (χ2v) is 7.59. The van der Waals surface area contributed by atoms with Gasteiger partial charge in [-0.05, 0) is 42.2 Å². The smallest absolute Gasteiger partial charge is 0.123 e. The van der Waals surface area contributed by atoms with E-state index in [4.69, 9.17) is 5.11 Å². The van der Waals surface area contributed by atoms with E-state index in [1.165, 1.54) is 22.3 Å². The van der Waals surface area contributed by atoms with Crippen LogP contribution in [0.15, 0.2) is 42.5 Å². The van der Waals surface area contributed by atoms with Gasteiger partial charge in [0, 0.05) is 44.7 Å². The normalized spacial score (nSPS) is 21.5. The average molecular weight is 445 g/mol. The first kappa shape index (κ1) is 25.8. The largest absolute Gasteiger partial charge is 0.412 e. The molecule has 1 fully saturated rings. The van der Waals surface area contributed by atoms with E-state index in [0.717, 1.165) is 39.1 Å². The minimum absolute atomic E-state index is 0. The van der Waals surface area contributed by atoms with Crippen LogP contribution in [0.25, 0.3) is 0 Å². The lowest BCUT2D eigenvalue weighted by Crippen LogP contribution is -2.48. The van der Waals surface area contributed by atoms with Crippen molar-refractivity contribution in [3.8, 4) is 0 Å². The van der Waals surface area contributed by atoms with Crippen LogP contribution in [0.5, 0.6) is 0 Å². The molecule has 0 aromatic heterocycles. The Balaban J connectivity index is 0.00000140. The van der Waals surface area contributed by atoms with E-state index < -0.39 is 0 Å². The van der Waals surface area contributed by atoms with Gasteiger partial charge in [0.2, 0.25) is 0 Å². The monoisotopic (exact) mass is 444 g/mol. The first-order valence-electron chi connectivity index (χ1n) is 9.59. The van der Waals surface area contributed by atoms with Crippen LogP contribution in [0.3, 0.4) is 0 Å². The molecule has 1 aliphatic heterocycles. The lowest BCUT2D eigenvalue weighted by atomic mass is 9.92. The van der Waals surface area contributed by atoms with Gasteiger partial charge >= 0.3 is 0 Å². The number of β-amino-alcohol motifs (C(OH)–C–C–N with tert-alkyl or cyclic N) is 1. The first-order chi connectivity index (χ1) is 12.7. The van der Waals surface area contributed by atoms with Gasteiger partial charge < -0.3 is 10.6 Å². The number of aliphatic hydroxyl groups excluding tert-OH is 1. The highest BCUT2D eigenvalue weighted by Crippen LogP contribution is 2.47. The van der Waals surface area contributed by atoms with Crippen LogP contribution in [0, 0.1) is 12.7 Å². The maximum Gasteiger partial charge on any atom is 0.123 e. The Morgan fingerprint density at radius 2 is 1.62 bits per heavy atom. The number of nitrogens with zero attached hydrogens (tertiary/aromatic N) is 2. The fourth-order valence-corrected chi connectivity index (χ4v) is 4.57. The molecule has 0 amide bonds. The van der Waals surface area contributed by atoms with Crippen molar-refractivity contribution in [3.63, 3.8) is 0 Å². The van der Waals surface area contributed by atoms with E-state index in [1.807, 2.05) is 12.1 Å². The van der Waals surface area contributed by atoms with E-state index in [9.17, 15) is 4.39 Å². The van der Waals surface area contributed by atoms with Gasteiger partial charge in [0.25, 0.3) is 0 Å². The summed E-state index contributed by atoms with van der Waals surface area (Å²) in [6, 6.07) is 14.2. The third kappa shape index (κ3) is 5.48. The number of rotatable bonds is 4. The van der Waals surface area contributed by atoms with Gasteiger partial charge in [0.1, 0.15) is 5.82 Å². The highest BCUT2D eigenvalue weighted by atomic mass is 35.5. The maximum absolute atomic E-state index is 13.4. The van der Waals surface area contributed by atoms with E-state index >= 15 is 0 Å². The zero-order valence-corrected chi connectivity index (χ0v) is 18.3. The fraction of sp³-hybridized carbons (Fsp3) is 0.455. The van der Waals surface area contributed by atoms with E-state index in [1.54, 1.807) is 12.1 Å². The van der Waals surface area contributed by atoms with Gasteiger partial charge in [-0.15, -0.1) is 24.8 Å². The molecule has 2 aromatic carbocycles. The fourth-order valence-electron chi connectivity index (χ4n) is 4.57. The summed E-state index contributed by atoms with van der Waals surface area (Å²) in [5.74, 6) is 0.166. The number of aryl methyl sites for hydroxylation is 1. The lowest BCUT2D eigenvalue weighted by Gasteiger charge is -2.38. The summed E-state index contributed by atoms with van der Waals surface area (Å²) in [7, 11) is 0. The summed E-state index contributed by atoms with van der Waals surface area (Å²) in [5, 5.41) is 9.15. The van der Waals surface area contributed by atoms with E-state index in [2.05, 4.69) is 34.9 Å². The van der Waals surface area contributed by atoms with Gasteiger partial charge in [0.05, 0.1) is 6.61 Å². The van der Waals surface area contributed by atoms with Crippen LogP contribution >= 0.6 is 24.8 Å². The van der Waals surface area contributed by atoms with Crippen molar-refractivity contribution in [3.05, 3.63) is 70.5 Å². The predicted octanol–water partition coefficient (Wildman–Crippen LogP) is 3.34. The molecular formula is C22H31Cl2FN2O2. The Kier molecular flexibility index (Phi) is 10.0. The topological polar surface area (TPSA) is 58.2 Å². The maximum atomic E-state index is 13.4. The van der Waals surface area contributed by atoms with Gasteiger partial charge in [-0.3, -0.25) is 9.80 Å². The zero-order valence-electron chi connectivity index (χ0n) is 16.7. The Labute approximate surface area is 184 Å². The number of halogens is 3. The SMILES string of the molecule is Cc1ccc2c(c1)[C@@H](N1CCN(CCO)CC1)C[C@@H]2c1ccc(F)cc1.Cl.Cl.O. The van der Waals surface area contributed by atoms with Crippen LogP contribution in [-0.2, 0) is 0 Å². The minimum Gasteiger partial charge on any atom is -0.412 e. The molecule has 29 heavy (non-hydrogen) atoms. The summed E-state index contributed by atoms with van der Waals surface area (Å²) in [4.78, 5) is 4.93. The average Bonchev–Trinajstić information content (AvgIpc) is 3.02. The number of fused-ring (bicyclic) bond motifs is 1. The van der Waals surface area contributed by atoms with Crippen LogP contribution in [0.1, 0.15) is 40.6 Å². The number of hydrogen-bond donors (Lipinski definition) is 1. The van der Waals surface area contributed by atoms with Crippen LogP contribution in [0.4, 0.5) is 4.39 Å². The van der Waals surface area contributed by atoms with Crippen LogP contribution in [-0.4, -0.2) is 59.7 Å². The molecule has 1 saturated heterocycles. The molecule has 0 spiro atoms. The summed E-state index contributed by atoms with van der Waals surface area (Å²) >= 11 is 0. The summed E-state index contributed by atoms with van der Waals surface area (Å²) in [5.41, 5.74) is 5.34. The highest BCUT2D eigenvalue weighted by molar-refractivity contribution is 5.85. The lowest BCUT2D eigenvalue weighted by molar-refractivity contribution is 0.0827. The molecule has 2 atom stereocenters. The third-order valence-electron chi connectivity index (χ3n) is 5.97. The van der Waals surface area contributed by atoms with E-state index in [0.29, 0.717) is 12.0 Å². The molecule has 7 heteroatoms. The van der Waals surface area contributed by atoms with E-state index in [-0.39, 0.29) is 42.7 Å². The molecule has 2 aromatic rings. The first-order valence-corrected chi connectivity index (χ1v) is 9.59. The van der Waals surface area contributed by atoms with Crippen molar-refractivity contribution in [2.75, 3.05) is 39.3 Å². The molecule has 4 nitrogen and oxygen atoms in total. The molecule has 0 unspecified atom stereocenters. The van der Waals surface area contributed by atoms with Gasteiger partial charge in [-0.2, -0.15) is 0 Å². The van der Waals surface area contributed by atoms with Gasteiger partial charge in [-0.25, -0.2) is 4.39 Å². The molecule has 0 saturated carbocycles. The molecule has 1 aliphatic carbocycles. The highest BCUT2D eigenvalue weighted by Gasteiger charge is 2.36. The quantitative estimate of drug-likeness (QED) is 0.786. The molecule has 2 aliphatic rings. The molecule has 162 valence electrons. The molecule has 0 bridgehead atoms. The van der Waals surface area contributed by atoms with Crippen molar-refractivity contribution in [1.29, 1.82) is 0 Å².